The summed E-state index contributed by atoms with van der Waals surface area (Å²) in [6.07, 6.45) is 0. The Hall–Kier alpha value is -0.710. The van der Waals surface area contributed by atoms with E-state index in [9.17, 15) is 5.11 Å². The van der Waals surface area contributed by atoms with E-state index in [1.165, 1.54) is 0 Å². The number of thioether (sulfide) groups is 1. The first-order chi connectivity index (χ1) is 6.84. The van der Waals surface area contributed by atoms with Crippen molar-refractivity contribution in [3.05, 3.63) is 24.3 Å². The van der Waals surface area contributed by atoms with Gasteiger partial charge in [0.15, 0.2) is 0 Å². The van der Waals surface area contributed by atoms with Crippen LogP contribution < -0.4 is 0 Å². The van der Waals surface area contributed by atoms with Crippen LogP contribution in [-0.4, -0.2) is 35.8 Å². The van der Waals surface area contributed by atoms with E-state index in [-0.39, 0.29) is 6.61 Å². The molecule has 0 fully saturated rings. The Morgan fingerprint density at radius 3 is 2.71 bits per heavy atom. The zero-order chi connectivity index (χ0) is 10.2. The number of aliphatic hydroxyl groups is 1. The lowest BCUT2D eigenvalue weighted by Gasteiger charge is -2.04. The van der Waals surface area contributed by atoms with Crippen LogP contribution in [-0.2, 0) is 4.74 Å². The highest BCUT2D eigenvalue weighted by Gasteiger charge is 1.99. The van der Waals surface area contributed by atoms with Crippen molar-refractivity contribution in [3.63, 3.8) is 0 Å². The highest BCUT2D eigenvalue weighted by molar-refractivity contribution is 7.99. The molecule has 0 amide bonds. The Labute approximate surface area is 87.7 Å². The lowest BCUT2D eigenvalue weighted by molar-refractivity contribution is 0.103. The van der Waals surface area contributed by atoms with Crippen molar-refractivity contribution in [1.82, 2.24) is 0 Å². The molecule has 0 aliphatic heterocycles. The SMILES string of the molecule is OCCOCCSc1ccccc1O. The number of aromatic hydroxyl groups is 1. The van der Waals surface area contributed by atoms with Gasteiger partial charge in [0.25, 0.3) is 0 Å². The average Bonchev–Trinajstić information content (AvgIpc) is 2.20. The summed E-state index contributed by atoms with van der Waals surface area (Å²) >= 11 is 1.54. The Bertz CT molecular complexity index is 265. The lowest BCUT2D eigenvalue weighted by atomic mass is 10.3. The molecule has 78 valence electrons. The number of ether oxygens (including phenoxy) is 1. The molecule has 14 heavy (non-hydrogen) atoms. The van der Waals surface area contributed by atoms with Gasteiger partial charge in [0, 0.05) is 10.6 Å². The summed E-state index contributed by atoms with van der Waals surface area (Å²) in [5.74, 6) is 1.08. The summed E-state index contributed by atoms with van der Waals surface area (Å²) < 4.78 is 5.09. The van der Waals surface area contributed by atoms with Crippen LogP contribution in [0.5, 0.6) is 5.75 Å². The Balaban J connectivity index is 2.21. The highest BCUT2D eigenvalue weighted by atomic mass is 32.2. The molecule has 0 aliphatic carbocycles. The number of hydrogen-bond donors (Lipinski definition) is 2. The molecule has 0 aromatic heterocycles. The number of para-hydroxylation sites is 1. The smallest absolute Gasteiger partial charge is 0.129 e. The van der Waals surface area contributed by atoms with Gasteiger partial charge in [-0.2, -0.15) is 0 Å². The number of benzene rings is 1. The van der Waals surface area contributed by atoms with Gasteiger partial charge in [0.05, 0.1) is 19.8 Å². The lowest BCUT2D eigenvalue weighted by Crippen LogP contribution is -2.02. The minimum atomic E-state index is 0.0568. The van der Waals surface area contributed by atoms with E-state index in [0.717, 1.165) is 10.6 Å². The maximum absolute atomic E-state index is 9.41. The van der Waals surface area contributed by atoms with Crippen LogP contribution in [0.4, 0.5) is 0 Å². The van der Waals surface area contributed by atoms with E-state index in [0.29, 0.717) is 19.0 Å². The topological polar surface area (TPSA) is 49.7 Å². The van der Waals surface area contributed by atoms with Crippen LogP contribution in [0.3, 0.4) is 0 Å². The largest absolute Gasteiger partial charge is 0.507 e. The van der Waals surface area contributed by atoms with Gasteiger partial charge in [0.1, 0.15) is 5.75 Å². The van der Waals surface area contributed by atoms with E-state index >= 15 is 0 Å². The maximum atomic E-state index is 9.41. The molecule has 1 aromatic carbocycles. The third kappa shape index (κ3) is 4.00. The summed E-state index contributed by atoms with van der Waals surface area (Å²) in [5, 5.41) is 17.9. The molecular weight excluding hydrogens is 200 g/mol. The first-order valence-corrected chi connectivity index (χ1v) is 5.42. The zero-order valence-electron chi connectivity index (χ0n) is 7.85. The molecular formula is C10H14O3S. The van der Waals surface area contributed by atoms with Crippen LogP contribution in [0, 0.1) is 0 Å². The van der Waals surface area contributed by atoms with E-state index in [1.807, 2.05) is 12.1 Å². The van der Waals surface area contributed by atoms with Crippen LogP contribution in [0.1, 0.15) is 0 Å². The van der Waals surface area contributed by atoms with Gasteiger partial charge in [-0.15, -0.1) is 11.8 Å². The van der Waals surface area contributed by atoms with Crippen molar-refractivity contribution < 1.29 is 14.9 Å². The fourth-order valence-electron chi connectivity index (χ4n) is 0.956. The highest BCUT2D eigenvalue weighted by Crippen LogP contribution is 2.27. The number of aliphatic hydroxyl groups excluding tert-OH is 1. The van der Waals surface area contributed by atoms with Crippen molar-refractivity contribution in [2.75, 3.05) is 25.6 Å². The van der Waals surface area contributed by atoms with E-state index in [1.54, 1.807) is 23.9 Å². The van der Waals surface area contributed by atoms with Crippen molar-refractivity contribution in [1.29, 1.82) is 0 Å². The van der Waals surface area contributed by atoms with Crippen LogP contribution in [0.2, 0.25) is 0 Å². The van der Waals surface area contributed by atoms with Gasteiger partial charge in [-0.1, -0.05) is 12.1 Å². The van der Waals surface area contributed by atoms with Gasteiger partial charge in [-0.25, -0.2) is 0 Å². The molecule has 0 aliphatic rings. The number of rotatable bonds is 6. The zero-order valence-corrected chi connectivity index (χ0v) is 8.67. The summed E-state index contributed by atoms with van der Waals surface area (Å²) in [6, 6.07) is 7.21. The van der Waals surface area contributed by atoms with Crippen molar-refractivity contribution in [2.45, 2.75) is 4.90 Å². The van der Waals surface area contributed by atoms with E-state index < -0.39 is 0 Å². The summed E-state index contributed by atoms with van der Waals surface area (Å²) in [7, 11) is 0. The molecule has 4 heteroatoms. The minimum absolute atomic E-state index is 0.0568. The number of phenolic OH excluding ortho intramolecular Hbond substituents is 1. The first kappa shape index (κ1) is 11.4. The standard InChI is InChI=1S/C10H14O3S/c11-5-6-13-7-8-14-10-4-2-1-3-9(10)12/h1-4,11-12H,5-8H2. The molecule has 1 aromatic rings. The van der Waals surface area contributed by atoms with Crippen LogP contribution in [0.15, 0.2) is 29.2 Å². The van der Waals surface area contributed by atoms with Gasteiger partial charge in [-0.05, 0) is 12.1 Å². The summed E-state index contributed by atoms with van der Waals surface area (Å²) in [5.41, 5.74) is 0. The number of hydrogen-bond acceptors (Lipinski definition) is 4. The van der Waals surface area contributed by atoms with Gasteiger partial charge in [0.2, 0.25) is 0 Å². The molecule has 0 saturated heterocycles. The van der Waals surface area contributed by atoms with E-state index in [4.69, 9.17) is 9.84 Å². The van der Waals surface area contributed by atoms with Crippen molar-refractivity contribution >= 4 is 11.8 Å². The third-order valence-electron chi connectivity index (χ3n) is 1.59. The minimum Gasteiger partial charge on any atom is -0.507 e. The normalized spacial score (nSPS) is 10.4. The monoisotopic (exact) mass is 214 g/mol. The van der Waals surface area contributed by atoms with Crippen LogP contribution >= 0.6 is 11.8 Å². The van der Waals surface area contributed by atoms with E-state index in [2.05, 4.69) is 0 Å². The van der Waals surface area contributed by atoms with Gasteiger partial charge >= 0.3 is 0 Å². The van der Waals surface area contributed by atoms with Gasteiger partial charge in [-0.3, -0.25) is 0 Å². The van der Waals surface area contributed by atoms with Crippen molar-refractivity contribution in [3.8, 4) is 5.75 Å². The molecule has 0 spiro atoms. The Morgan fingerprint density at radius 2 is 2.00 bits per heavy atom. The predicted molar refractivity (Wildman–Crippen MR) is 56.7 cm³/mol. The Morgan fingerprint density at radius 1 is 1.21 bits per heavy atom. The fraction of sp³-hybridized carbons (Fsp3) is 0.400. The predicted octanol–water partition coefficient (Wildman–Crippen LogP) is 1.49. The quantitative estimate of drug-likeness (QED) is 0.556. The molecule has 0 saturated carbocycles. The van der Waals surface area contributed by atoms with Crippen molar-refractivity contribution in [2.24, 2.45) is 0 Å². The average molecular weight is 214 g/mol. The molecule has 0 unspecified atom stereocenters. The third-order valence-corrected chi connectivity index (χ3v) is 2.61. The maximum Gasteiger partial charge on any atom is 0.129 e. The summed E-state index contributed by atoms with van der Waals surface area (Å²) in [6.45, 7) is 1.02. The second-order valence-electron chi connectivity index (χ2n) is 2.65. The number of phenols is 1. The summed E-state index contributed by atoms with van der Waals surface area (Å²) in [4.78, 5) is 0.861. The molecule has 0 atom stereocenters. The Kier molecular flexibility index (Phi) is 5.44. The fourth-order valence-corrected chi connectivity index (χ4v) is 1.77. The van der Waals surface area contributed by atoms with Gasteiger partial charge < -0.3 is 14.9 Å². The second kappa shape index (κ2) is 6.70. The first-order valence-electron chi connectivity index (χ1n) is 4.44. The molecule has 0 heterocycles. The molecule has 0 bridgehead atoms. The molecule has 0 radical (unpaired) electrons. The van der Waals surface area contributed by atoms with Crippen LogP contribution in [0.25, 0.3) is 0 Å². The second-order valence-corrected chi connectivity index (χ2v) is 3.79. The molecule has 1 rings (SSSR count). The molecule has 3 nitrogen and oxygen atoms in total. The molecule has 2 N–H and O–H groups in total.